The van der Waals surface area contributed by atoms with Gasteiger partial charge in [0.1, 0.15) is 5.75 Å². The van der Waals surface area contributed by atoms with Gasteiger partial charge < -0.3 is 19.3 Å². The average molecular weight is 478 g/mol. The summed E-state index contributed by atoms with van der Waals surface area (Å²) in [4.78, 5) is 17.5. The number of ether oxygens (including phenoxy) is 3. The lowest BCUT2D eigenvalue weighted by molar-refractivity contribution is 0.0937. The van der Waals surface area contributed by atoms with Gasteiger partial charge in [0.05, 0.1) is 38.8 Å². The van der Waals surface area contributed by atoms with Crippen molar-refractivity contribution in [3.05, 3.63) is 70.7 Å². The molecule has 0 aliphatic rings. The van der Waals surface area contributed by atoms with E-state index < -0.39 is 6.10 Å². The van der Waals surface area contributed by atoms with E-state index >= 15 is 0 Å². The van der Waals surface area contributed by atoms with Crippen LogP contribution in [0.5, 0.6) is 17.2 Å². The van der Waals surface area contributed by atoms with Crippen LogP contribution in [0.3, 0.4) is 0 Å². The fourth-order valence-electron chi connectivity index (χ4n) is 3.92. The quantitative estimate of drug-likeness (QED) is 0.298. The highest BCUT2D eigenvalue weighted by molar-refractivity contribution is 7.18. The molecule has 34 heavy (non-hydrogen) atoms. The summed E-state index contributed by atoms with van der Waals surface area (Å²) in [5.74, 6) is 1.56. The maximum atomic E-state index is 12.8. The van der Waals surface area contributed by atoms with Gasteiger partial charge in [0.25, 0.3) is 0 Å². The van der Waals surface area contributed by atoms with E-state index in [1.54, 1.807) is 49.8 Å². The Morgan fingerprint density at radius 1 is 1.03 bits per heavy atom. The Morgan fingerprint density at radius 3 is 2.56 bits per heavy atom. The molecule has 2 aromatic carbocycles. The van der Waals surface area contributed by atoms with E-state index in [1.807, 2.05) is 12.1 Å². The fourth-order valence-corrected chi connectivity index (χ4v) is 4.97. The number of pyridine rings is 1. The highest BCUT2D eigenvalue weighted by atomic mass is 32.1. The minimum atomic E-state index is -0.912. The van der Waals surface area contributed by atoms with Crippen molar-refractivity contribution < 1.29 is 24.1 Å². The lowest BCUT2D eigenvalue weighted by atomic mass is 10.0. The number of ketones is 1. The van der Waals surface area contributed by atoms with Crippen LogP contribution in [0.15, 0.2) is 53.9 Å². The number of methoxy groups -OCH3 is 3. The second-order valence-corrected chi connectivity index (χ2v) is 8.85. The summed E-state index contributed by atoms with van der Waals surface area (Å²) < 4.78 is 17.2. The Morgan fingerprint density at radius 2 is 1.82 bits per heavy atom. The summed E-state index contributed by atoms with van der Waals surface area (Å²) in [6.07, 6.45) is -0.522. The molecule has 0 fully saturated rings. The van der Waals surface area contributed by atoms with Crippen LogP contribution in [0.2, 0.25) is 0 Å². The third kappa shape index (κ3) is 4.76. The first-order valence-electron chi connectivity index (χ1n) is 10.9. The largest absolute Gasteiger partial charge is 0.497 e. The second-order valence-electron chi connectivity index (χ2n) is 7.97. The number of aryl methyl sites for hydroxylation is 1. The number of carbonyl (C=O) groups excluding carboxylic acids is 1. The summed E-state index contributed by atoms with van der Waals surface area (Å²) in [5, 5.41) is 14.1. The van der Waals surface area contributed by atoms with Crippen molar-refractivity contribution in [2.24, 2.45) is 0 Å². The molecule has 0 aliphatic carbocycles. The Bertz CT molecular complexity index is 1330. The number of fused-ring (bicyclic) bond motifs is 1. The molecule has 1 N–H and O–H groups in total. The molecule has 2 heterocycles. The first kappa shape index (κ1) is 23.7. The predicted molar refractivity (Wildman–Crippen MR) is 134 cm³/mol. The normalized spacial score (nSPS) is 11.9. The highest BCUT2D eigenvalue weighted by Crippen LogP contribution is 2.37. The molecule has 1 atom stereocenters. The molecule has 0 saturated carbocycles. The van der Waals surface area contributed by atoms with Gasteiger partial charge in [-0.3, -0.25) is 4.79 Å². The third-order valence-electron chi connectivity index (χ3n) is 5.82. The van der Waals surface area contributed by atoms with E-state index in [0.717, 1.165) is 16.6 Å². The minimum Gasteiger partial charge on any atom is -0.497 e. The van der Waals surface area contributed by atoms with E-state index in [1.165, 1.54) is 17.4 Å². The van der Waals surface area contributed by atoms with Crippen LogP contribution in [-0.2, 0) is 0 Å². The number of Topliss-reactive ketones (excluding diaryl/α,β-unsaturated/α-hetero) is 1. The number of benzene rings is 2. The zero-order valence-electron chi connectivity index (χ0n) is 19.6. The highest BCUT2D eigenvalue weighted by Gasteiger charge is 2.18. The first-order chi connectivity index (χ1) is 16.4. The number of aliphatic hydroxyl groups excluding tert-OH is 1. The Hall–Kier alpha value is -3.42. The third-order valence-corrected chi connectivity index (χ3v) is 6.95. The number of carbonyl (C=O) groups is 1. The van der Waals surface area contributed by atoms with E-state index in [2.05, 4.69) is 24.4 Å². The molecule has 1 unspecified atom stereocenters. The van der Waals surface area contributed by atoms with Gasteiger partial charge >= 0.3 is 0 Å². The van der Waals surface area contributed by atoms with Gasteiger partial charge in [-0.1, -0.05) is 18.2 Å². The molecule has 7 heteroatoms. The summed E-state index contributed by atoms with van der Waals surface area (Å²) in [6, 6.07) is 14.8. The maximum absolute atomic E-state index is 12.8. The van der Waals surface area contributed by atoms with Crippen molar-refractivity contribution in [3.63, 3.8) is 0 Å². The van der Waals surface area contributed by atoms with Gasteiger partial charge in [0.15, 0.2) is 17.3 Å². The predicted octanol–water partition coefficient (Wildman–Crippen LogP) is 5.99. The molecule has 0 bridgehead atoms. The van der Waals surface area contributed by atoms with Crippen LogP contribution >= 0.6 is 11.3 Å². The van der Waals surface area contributed by atoms with Crippen molar-refractivity contribution >= 4 is 27.2 Å². The molecule has 6 nitrogen and oxygen atoms in total. The number of nitrogens with zero attached hydrogens (tertiary/aromatic N) is 1. The number of hydrogen-bond donors (Lipinski definition) is 1. The van der Waals surface area contributed by atoms with E-state index in [4.69, 9.17) is 19.2 Å². The number of aliphatic hydroxyl groups is 1. The van der Waals surface area contributed by atoms with Gasteiger partial charge in [0.2, 0.25) is 0 Å². The van der Waals surface area contributed by atoms with Crippen molar-refractivity contribution in [1.82, 2.24) is 4.98 Å². The topological polar surface area (TPSA) is 77.9 Å². The smallest absolute Gasteiger partial charge is 0.163 e. The summed E-state index contributed by atoms with van der Waals surface area (Å²) >= 11 is 1.67. The van der Waals surface area contributed by atoms with Crippen LogP contribution < -0.4 is 14.2 Å². The Kier molecular flexibility index (Phi) is 7.14. The number of aromatic nitrogens is 1. The SMILES string of the molecule is COc1cc(-c2csc3c(C)cccc23)nc(C(O)CCC(=O)c2ccc(OC)c(OC)c2)c1. The van der Waals surface area contributed by atoms with Crippen LogP contribution in [0.4, 0.5) is 0 Å². The molecule has 4 aromatic rings. The monoisotopic (exact) mass is 477 g/mol. The maximum Gasteiger partial charge on any atom is 0.163 e. The van der Waals surface area contributed by atoms with E-state index in [-0.39, 0.29) is 18.6 Å². The molecule has 0 radical (unpaired) electrons. The molecular weight excluding hydrogens is 450 g/mol. The summed E-state index contributed by atoms with van der Waals surface area (Å²) in [6.45, 7) is 2.09. The lowest BCUT2D eigenvalue weighted by Crippen LogP contribution is -2.07. The number of hydrogen-bond acceptors (Lipinski definition) is 7. The van der Waals surface area contributed by atoms with Gasteiger partial charge in [0, 0.05) is 45.1 Å². The van der Waals surface area contributed by atoms with E-state index in [0.29, 0.717) is 28.5 Å². The van der Waals surface area contributed by atoms with Crippen LogP contribution in [0.1, 0.15) is 40.6 Å². The molecule has 0 saturated heterocycles. The van der Waals surface area contributed by atoms with E-state index in [9.17, 15) is 9.90 Å². The van der Waals surface area contributed by atoms with Crippen molar-refractivity contribution in [1.29, 1.82) is 0 Å². The van der Waals surface area contributed by atoms with Gasteiger partial charge in [-0.05, 0) is 37.1 Å². The van der Waals surface area contributed by atoms with Gasteiger partial charge in [-0.2, -0.15) is 0 Å². The zero-order chi connectivity index (χ0) is 24.2. The molecule has 4 rings (SSSR count). The molecule has 0 spiro atoms. The lowest BCUT2D eigenvalue weighted by Gasteiger charge is -2.14. The Balaban J connectivity index is 1.56. The molecule has 0 amide bonds. The Labute approximate surface area is 202 Å². The minimum absolute atomic E-state index is 0.0950. The molecule has 176 valence electrons. The van der Waals surface area contributed by atoms with Gasteiger partial charge in [-0.25, -0.2) is 4.98 Å². The van der Waals surface area contributed by atoms with Crippen molar-refractivity contribution in [3.8, 4) is 28.5 Å². The second kappa shape index (κ2) is 10.2. The molecule has 2 aromatic heterocycles. The standard InChI is InChI=1S/C27H27NO5S/c1-16-6-5-7-19-20(15-34-27(16)19)21-13-18(31-2)14-22(28-21)24(30)10-9-23(29)17-8-11-25(32-3)26(12-17)33-4/h5-8,11-15,24,30H,9-10H2,1-4H3. The van der Waals surface area contributed by atoms with Crippen molar-refractivity contribution in [2.75, 3.05) is 21.3 Å². The van der Waals surface area contributed by atoms with Crippen LogP contribution in [0, 0.1) is 6.92 Å². The van der Waals surface area contributed by atoms with Crippen LogP contribution in [-0.4, -0.2) is 37.2 Å². The fraction of sp³-hybridized carbons (Fsp3) is 0.259. The van der Waals surface area contributed by atoms with Crippen molar-refractivity contribution in [2.45, 2.75) is 25.9 Å². The zero-order valence-corrected chi connectivity index (χ0v) is 20.4. The molecular formula is C27H27NO5S. The average Bonchev–Trinajstić information content (AvgIpc) is 3.31. The first-order valence-corrected chi connectivity index (χ1v) is 11.8. The van der Waals surface area contributed by atoms with Crippen LogP contribution in [0.25, 0.3) is 21.3 Å². The van der Waals surface area contributed by atoms with Gasteiger partial charge in [-0.15, -0.1) is 11.3 Å². The summed E-state index contributed by atoms with van der Waals surface area (Å²) in [5.41, 5.74) is 3.92. The summed E-state index contributed by atoms with van der Waals surface area (Å²) in [7, 11) is 4.66. The number of thiophene rings is 1. The molecule has 0 aliphatic heterocycles. The number of rotatable bonds is 9.